The second kappa shape index (κ2) is 3.47. The van der Waals surface area contributed by atoms with Gasteiger partial charge in [0.1, 0.15) is 5.58 Å². The Labute approximate surface area is 108 Å². The van der Waals surface area contributed by atoms with Gasteiger partial charge in [-0.1, -0.05) is 29.8 Å². The van der Waals surface area contributed by atoms with Gasteiger partial charge in [0.15, 0.2) is 5.58 Å². The molecular formula is C15H8ClNO. The van der Waals surface area contributed by atoms with Crippen molar-refractivity contribution in [2.75, 3.05) is 0 Å². The second-order valence-corrected chi connectivity index (χ2v) is 4.67. The highest BCUT2D eigenvalue weighted by Crippen LogP contribution is 2.34. The fraction of sp³-hybridized carbons (Fsp3) is 0. The molecule has 3 heteroatoms. The van der Waals surface area contributed by atoms with Gasteiger partial charge in [0.05, 0.1) is 10.5 Å². The normalized spacial score (nSPS) is 11.6. The predicted molar refractivity (Wildman–Crippen MR) is 74.0 cm³/mol. The zero-order valence-corrected chi connectivity index (χ0v) is 10.1. The fourth-order valence-corrected chi connectivity index (χ4v) is 2.54. The highest BCUT2D eigenvalue weighted by molar-refractivity contribution is 6.35. The zero-order valence-electron chi connectivity index (χ0n) is 9.35. The van der Waals surface area contributed by atoms with Gasteiger partial charge in [-0.05, 0) is 24.3 Å². The van der Waals surface area contributed by atoms with Gasteiger partial charge in [0, 0.05) is 22.4 Å². The Morgan fingerprint density at radius 2 is 1.94 bits per heavy atom. The SMILES string of the molecule is Clc1cccc2c1oc1cc3cccnc3cc12. The van der Waals surface area contributed by atoms with E-state index in [1.165, 1.54) is 0 Å². The fourth-order valence-electron chi connectivity index (χ4n) is 2.33. The van der Waals surface area contributed by atoms with E-state index in [0.717, 1.165) is 32.8 Å². The van der Waals surface area contributed by atoms with Crippen LogP contribution in [0.5, 0.6) is 0 Å². The number of pyridine rings is 1. The summed E-state index contributed by atoms with van der Waals surface area (Å²) in [5.41, 5.74) is 2.55. The largest absolute Gasteiger partial charge is 0.454 e. The monoisotopic (exact) mass is 253 g/mol. The number of hydrogen-bond acceptors (Lipinski definition) is 2. The lowest BCUT2D eigenvalue weighted by atomic mass is 10.1. The van der Waals surface area contributed by atoms with Gasteiger partial charge >= 0.3 is 0 Å². The first-order valence-corrected chi connectivity index (χ1v) is 6.06. The first-order valence-electron chi connectivity index (χ1n) is 5.68. The number of hydrogen-bond donors (Lipinski definition) is 0. The third-order valence-electron chi connectivity index (χ3n) is 3.17. The molecule has 0 radical (unpaired) electrons. The van der Waals surface area contributed by atoms with Gasteiger partial charge in [-0.25, -0.2) is 0 Å². The molecule has 0 saturated carbocycles. The molecule has 4 aromatic rings. The molecule has 0 aliphatic carbocycles. The van der Waals surface area contributed by atoms with E-state index in [1.54, 1.807) is 6.20 Å². The Hall–Kier alpha value is -2.06. The number of nitrogens with zero attached hydrogens (tertiary/aromatic N) is 1. The molecule has 18 heavy (non-hydrogen) atoms. The molecule has 4 rings (SSSR count). The Bertz CT molecular complexity index is 895. The molecular weight excluding hydrogens is 246 g/mol. The van der Waals surface area contributed by atoms with Crippen molar-refractivity contribution in [2.24, 2.45) is 0 Å². The van der Waals surface area contributed by atoms with Crippen molar-refractivity contribution in [3.8, 4) is 0 Å². The Morgan fingerprint density at radius 3 is 2.89 bits per heavy atom. The van der Waals surface area contributed by atoms with Crippen LogP contribution in [0, 0.1) is 0 Å². The molecule has 0 unspecified atom stereocenters. The van der Waals surface area contributed by atoms with E-state index in [9.17, 15) is 0 Å². The summed E-state index contributed by atoms with van der Waals surface area (Å²) in [6.07, 6.45) is 1.80. The summed E-state index contributed by atoms with van der Waals surface area (Å²) in [4.78, 5) is 4.37. The molecule has 0 fully saturated rings. The third kappa shape index (κ3) is 1.27. The Kier molecular flexibility index (Phi) is 1.91. The van der Waals surface area contributed by atoms with Crippen molar-refractivity contribution in [1.29, 1.82) is 0 Å². The summed E-state index contributed by atoms with van der Waals surface area (Å²) in [6.45, 7) is 0. The lowest BCUT2D eigenvalue weighted by molar-refractivity contribution is 0.669. The maximum atomic E-state index is 6.15. The molecule has 0 aliphatic heterocycles. The molecule has 0 atom stereocenters. The summed E-state index contributed by atoms with van der Waals surface area (Å²) < 4.78 is 5.83. The average Bonchev–Trinajstić information content (AvgIpc) is 2.76. The topological polar surface area (TPSA) is 26.0 Å². The van der Waals surface area contributed by atoms with Crippen LogP contribution >= 0.6 is 11.6 Å². The third-order valence-corrected chi connectivity index (χ3v) is 3.47. The van der Waals surface area contributed by atoms with Crippen molar-refractivity contribution in [3.63, 3.8) is 0 Å². The van der Waals surface area contributed by atoms with Crippen LogP contribution in [0.3, 0.4) is 0 Å². The number of halogens is 1. The van der Waals surface area contributed by atoms with Crippen molar-refractivity contribution in [2.45, 2.75) is 0 Å². The zero-order chi connectivity index (χ0) is 12.1. The van der Waals surface area contributed by atoms with Gasteiger partial charge in [0.2, 0.25) is 0 Å². The molecule has 0 bridgehead atoms. The van der Waals surface area contributed by atoms with E-state index < -0.39 is 0 Å². The summed E-state index contributed by atoms with van der Waals surface area (Å²) in [7, 11) is 0. The standard InChI is InChI=1S/C15H8ClNO/c16-12-5-1-4-10-11-8-13-9(3-2-6-17-13)7-14(11)18-15(10)12/h1-8H. The number of rotatable bonds is 0. The van der Waals surface area contributed by atoms with E-state index >= 15 is 0 Å². The minimum absolute atomic E-state index is 0.640. The Morgan fingerprint density at radius 1 is 1.00 bits per heavy atom. The lowest BCUT2D eigenvalue weighted by Gasteiger charge is -1.95. The molecule has 0 aliphatic rings. The van der Waals surface area contributed by atoms with Crippen LogP contribution in [-0.2, 0) is 0 Å². The predicted octanol–water partition coefficient (Wildman–Crippen LogP) is 4.79. The molecule has 0 N–H and O–H groups in total. The van der Waals surface area contributed by atoms with Crippen LogP contribution in [0.25, 0.3) is 32.8 Å². The van der Waals surface area contributed by atoms with Crippen molar-refractivity contribution >= 4 is 44.4 Å². The first kappa shape index (κ1) is 9.92. The Balaban J connectivity index is 2.27. The van der Waals surface area contributed by atoms with Gasteiger partial charge in [-0.2, -0.15) is 0 Å². The molecule has 0 saturated heterocycles. The summed E-state index contributed by atoms with van der Waals surface area (Å²) in [5, 5.41) is 3.80. The molecule has 0 spiro atoms. The van der Waals surface area contributed by atoms with Crippen LogP contribution in [0.4, 0.5) is 0 Å². The first-order chi connectivity index (χ1) is 8.83. The van der Waals surface area contributed by atoms with E-state index in [-0.39, 0.29) is 0 Å². The smallest absolute Gasteiger partial charge is 0.153 e. The molecule has 2 nitrogen and oxygen atoms in total. The minimum Gasteiger partial charge on any atom is -0.454 e. The maximum absolute atomic E-state index is 6.15. The van der Waals surface area contributed by atoms with E-state index in [2.05, 4.69) is 4.98 Å². The van der Waals surface area contributed by atoms with Gasteiger partial charge in [0.25, 0.3) is 0 Å². The number of benzene rings is 2. The van der Waals surface area contributed by atoms with Crippen molar-refractivity contribution in [1.82, 2.24) is 4.98 Å². The number of aromatic nitrogens is 1. The molecule has 86 valence electrons. The van der Waals surface area contributed by atoms with Crippen LogP contribution in [-0.4, -0.2) is 4.98 Å². The summed E-state index contributed by atoms with van der Waals surface area (Å²) >= 11 is 6.15. The highest BCUT2D eigenvalue weighted by Gasteiger charge is 2.10. The molecule has 0 amide bonds. The summed E-state index contributed by atoms with van der Waals surface area (Å²) in [5.74, 6) is 0. The molecule has 2 aromatic heterocycles. The van der Waals surface area contributed by atoms with Gasteiger partial charge < -0.3 is 4.42 Å². The average molecular weight is 254 g/mol. The van der Waals surface area contributed by atoms with Crippen LogP contribution in [0.1, 0.15) is 0 Å². The van der Waals surface area contributed by atoms with Crippen molar-refractivity contribution < 1.29 is 4.42 Å². The second-order valence-electron chi connectivity index (χ2n) is 4.26. The van der Waals surface area contributed by atoms with Gasteiger partial charge in [-0.3, -0.25) is 4.98 Å². The quantitative estimate of drug-likeness (QED) is 0.450. The van der Waals surface area contributed by atoms with E-state index in [4.69, 9.17) is 16.0 Å². The van der Waals surface area contributed by atoms with E-state index in [1.807, 2.05) is 42.5 Å². The lowest BCUT2D eigenvalue weighted by Crippen LogP contribution is -1.76. The number of para-hydroxylation sites is 1. The number of fused-ring (bicyclic) bond motifs is 4. The number of furan rings is 1. The van der Waals surface area contributed by atoms with Crippen molar-refractivity contribution in [3.05, 3.63) is 53.7 Å². The molecule has 2 heterocycles. The van der Waals surface area contributed by atoms with Crippen LogP contribution in [0.15, 0.2) is 53.1 Å². The molecule has 2 aromatic carbocycles. The minimum atomic E-state index is 0.640. The maximum Gasteiger partial charge on any atom is 0.153 e. The van der Waals surface area contributed by atoms with Crippen LogP contribution < -0.4 is 0 Å². The highest BCUT2D eigenvalue weighted by atomic mass is 35.5. The summed E-state index contributed by atoms with van der Waals surface area (Å²) in [6, 6.07) is 13.8. The van der Waals surface area contributed by atoms with E-state index in [0.29, 0.717) is 5.02 Å². The van der Waals surface area contributed by atoms with Gasteiger partial charge in [-0.15, -0.1) is 0 Å². The van der Waals surface area contributed by atoms with Crippen LogP contribution in [0.2, 0.25) is 5.02 Å².